The van der Waals surface area contributed by atoms with Crippen LogP contribution >= 0.6 is 0 Å². The molecule has 5 nitrogen and oxygen atoms in total. The van der Waals surface area contributed by atoms with Gasteiger partial charge in [0.05, 0.1) is 16.8 Å². The minimum Gasteiger partial charge on any atom is -0.454 e. The molecule has 5 aromatic rings. The largest absolute Gasteiger partial charge is 0.454 e. The minimum absolute atomic E-state index is 0.255. The molecule has 0 saturated carbocycles. The van der Waals surface area contributed by atoms with Gasteiger partial charge in [-0.05, 0) is 36.1 Å². The summed E-state index contributed by atoms with van der Waals surface area (Å²) in [6, 6.07) is 25.1. The van der Waals surface area contributed by atoms with E-state index in [4.69, 9.17) is 9.72 Å². The van der Waals surface area contributed by atoms with Crippen LogP contribution in [-0.4, -0.2) is 28.3 Å². The van der Waals surface area contributed by atoms with Crippen molar-refractivity contribution >= 4 is 33.6 Å². The van der Waals surface area contributed by atoms with E-state index < -0.39 is 5.97 Å². The van der Waals surface area contributed by atoms with Gasteiger partial charge in [-0.1, -0.05) is 74.5 Å². The molecule has 0 aliphatic carbocycles. The number of carbonyl (C=O) groups is 2. The zero-order valence-corrected chi connectivity index (χ0v) is 19.7. The lowest BCUT2D eigenvalue weighted by molar-refractivity contribution is 0.0477. The predicted molar refractivity (Wildman–Crippen MR) is 139 cm³/mol. The van der Waals surface area contributed by atoms with Crippen LogP contribution in [0.1, 0.15) is 52.5 Å². The Kier molecular flexibility index (Phi) is 6.15. The van der Waals surface area contributed by atoms with Gasteiger partial charge in [-0.2, -0.15) is 0 Å². The summed E-state index contributed by atoms with van der Waals surface area (Å²) in [7, 11) is 0. The highest BCUT2D eigenvalue weighted by Crippen LogP contribution is 2.28. The second kappa shape index (κ2) is 9.55. The summed E-state index contributed by atoms with van der Waals surface area (Å²) < 4.78 is 5.50. The Labute approximate surface area is 203 Å². The minimum atomic E-state index is -0.547. The Balaban J connectivity index is 1.43. The molecular weight excluding hydrogens is 436 g/mol. The fraction of sp³-hybridized carbons (Fsp3) is 0.167. The molecule has 0 radical (unpaired) electrons. The van der Waals surface area contributed by atoms with E-state index in [1.54, 1.807) is 12.3 Å². The summed E-state index contributed by atoms with van der Waals surface area (Å²) in [5.74, 6) is -0.321. The van der Waals surface area contributed by atoms with Gasteiger partial charge < -0.3 is 9.72 Å². The first-order valence-corrected chi connectivity index (χ1v) is 11.8. The van der Waals surface area contributed by atoms with Crippen LogP contribution in [0.25, 0.3) is 33.1 Å². The van der Waals surface area contributed by atoms with Gasteiger partial charge in [0.1, 0.15) is 0 Å². The molecule has 0 saturated heterocycles. The number of ether oxygens (including phenoxy) is 1. The molecule has 0 fully saturated rings. The second-order valence-corrected chi connectivity index (χ2v) is 8.75. The summed E-state index contributed by atoms with van der Waals surface area (Å²) in [5.41, 5.74) is 5.35. The van der Waals surface area contributed by atoms with Gasteiger partial charge in [-0.3, -0.25) is 4.79 Å². The van der Waals surface area contributed by atoms with Crippen LogP contribution in [0.4, 0.5) is 0 Å². The van der Waals surface area contributed by atoms with E-state index >= 15 is 0 Å². The van der Waals surface area contributed by atoms with Crippen molar-refractivity contribution in [2.75, 3.05) is 6.61 Å². The molecule has 3 aromatic carbocycles. The van der Waals surface area contributed by atoms with Gasteiger partial charge >= 0.3 is 5.97 Å². The third-order valence-corrected chi connectivity index (χ3v) is 6.55. The number of H-pyrrole nitrogens is 1. The predicted octanol–water partition coefficient (Wildman–Crippen LogP) is 6.94. The molecular formula is C30H26N2O3. The highest BCUT2D eigenvalue weighted by molar-refractivity contribution is 6.10. The Hall–Kier alpha value is -4.25. The maximum absolute atomic E-state index is 13.2. The molecule has 1 unspecified atom stereocenters. The number of fused-ring (bicyclic) bond motifs is 2. The second-order valence-electron chi connectivity index (χ2n) is 8.75. The summed E-state index contributed by atoms with van der Waals surface area (Å²) in [4.78, 5) is 33.8. The Morgan fingerprint density at radius 1 is 0.914 bits per heavy atom. The number of pyridine rings is 1. The van der Waals surface area contributed by atoms with E-state index in [2.05, 4.69) is 31.0 Å². The molecule has 0 amide bonds. The fourth-order valence-electron chi connectivity index (χ4n) is 4.30. The number of benzene rings is 3. The Morgan fingerprint density at radius 3 is 2.40 bits per heavy atom. The number of para-hydroxylation sites is 2. The number of hydrogen-bond donors (Lipinski definition) is 1. The molecule has 1 atom stereocenters. The summed E-state index contributed by atoms with van der Waals surface area (Å²) >= 11 is 0. The van der Waals surface area contributed by atoms with Crippen LogP contribution in [0.3, 0.4) is 0 Å². The standard InChI is InChI=1S/C30H26N2O3/c1-3-19(2)20-12-14-21(15-13-20)28-16-24(22-8-5-7-11-27(22)32-28)30(34)35-18-29(33)25-17-31-26-10-6-4-9-23(25)26/h4-17,19,31H,3,18H2,1-2H3. The third-order valence-electron chi connectivity index (χ3n) is 6.55. The summed E-state index contributed by atoms with van der Waals surface area (Å²) in [5, 5.41) is 1.50. The van der Waals surface area contributed by atoms with Crippen LogP contribution in [-0.2, 0) is 4.74 Å². The number of hydrogen-bond acceptors (Lipinski definition) is 4. The highest BCUT2D eigenvalue weighted by Gasteiger charge is 2.19. The molecule has 0 aliphatic rings. The molecule has 35 heavy (non-hydrogen) atoms. The quantitative estimate of drug-likeness (QED) is 0.210. The van der Waals surface area contributed by atoms with E-state index in [9.17, 15) is 9.59 Å². The van der Waals surface area contributed by atoms with Crippen molar-refractivity contribution in [2.45, 2.75) is 26.2 Å². The third kappa shape index (κ3) is 4.45. The lowest BCUT2D eigenvalue weighted by Gasteiger charge is -2.12. The average molecular weight is 463 g/mol. The lowest BCUT2D eigenvalue weighted by Crippen LogP contribution is -2.14. The summed E-state index contributed by atoms with van der Waals surface area (Å²) in [6.45, 7) is 4.04. The van der Waals surface area contributed by atoms with Crippen LogP contribution in [0.5, 0.6) is 0 Å². The number of ketones is 1. The number of nitrogens with one attached hydrogen (secondary N) is 1. The number of aromatic amines is 1. The van der Waals surface area contributed by atoms with Crippen molar-refractivity contribution < 1.29 is 14.3 Å². The molecule has 2 aromatic heterocycles. The van der Waals surface area contributed by atoms with E-state index in [-0.39, 0.29) is 12.4 Å². The van der Waals surface area contributed by atoms with Crippen molar-refractivity contribution in [1.82, 2.24) is 9.97 Å². The lowest BCUT2D eigenvalue weighted by atomic mass is 9.96. The Bertz CT molecular complexity index is 1530. The molecule has 174 valence electrons. The first-order chi connectivity index (χ1) is 17.0. The number of carbonyl (C=O) groups excluding carboxylic acids is 2. The topological polar surface area (TPSA) is 72.1 Å². The molecule has 1 N–H and O–H groups in total. The molecule has 0 spiro atoms. The van der Waals surface area contributed by atoms with Crippen LogP contribution in [0.15, 0.2) is 85.1 Å². The van der Waals surface area contributed by atoms with E-state index in [1.165, 1.54) is 5.56 Å². The number of nitrogens with zero attached hydrogens (tertiary/aromatic N) is 1. The average Bonchev–Trinajstić information content (AvgIpc) is 3.35. The van der Waals surface area contributed by atoms with Gasteiger partial charge in [-0.15, -0.1) is 0 Å². The molecule has 2 heterocycles. The van der Waals surface area contributed by atoms with E-state index in [0.717, 1.165) is 22.9 Å². The molecule has 0 aliphatic heterocycles. The molecule has 0 bridgehead atoms. The van der Waals surface area contributed by atoms with Crippen LogP contribution in [0.2, 0.25) is 0 Å². The van der Waals surface area contributed by atoms with Gasteiger partial charge in [0.25, 0.3) is 0 Å². The molecule has 5 heteroatoms. The van der Waals surface area contributed by atoms with Crippen molar-refractivity contribution in [3.05, 3.63) is 102 Å². The van der Waals surface area contributed by atoms with Crippen molar-refractivity contribution in [1.29, 1.82) is 0 Å². The first-order valence-electron chi connectivity index (χ1n) is 11.8. The monoisotopic (exact) mass is 462 g/mol. The van der Waals surface area contributed by atoms with E-state index in [1.807, 2.05) is 60.7 Å². The van der Waals surface area contributed by atoms with E-state index in [0.29, 0.717) is 33.6 Å². The van der Waals surface area contributed by atoms with Gasteiger partial charge in [0, 0.05) is 33.6 Å². The number of Topliss-reactive ketones (excluding diaryl/α,β-unsaturated/α-hetero) is 1. The SMILES string of the molecule is CCC(C)c1ccc(-c2cc(C(=O)OCC(=O)c3c[nH]c4ccccc34)c3ccccc3n2)cc1. The number of aromatic nitrogens is 2. The normalized spacial score (nSPS) is 12.1. The zero-order chi connectivity index (χ0) is 24.4. The number of esters is 1. The fourth-order valence-corrected chi connectivity index (χ4v) is 4.30. The molecule has 5 rings (SSSR count). The Morgan fingerprint density at radius 2 is 1.63 bits per heavy atom. The first kappa shape index (κ1) is 22.5. The highest BCUT2D eigenvalue weighted by atomic mass is 16.5. The number of rotatable bonds is 7. The van der Waals surface area contributed by atoms with Crippen LogP contribution in [0, 0.1) is 0 Å². The van der Waals surface area contributed by atoms with Crippen molar-refractivity contribution in [3.63, 3.8) is 0 Å². The van der Waals surface area contributed by atoms with Crippen molar-refractivity contribution in [3.8, 4) is 11.3 Å². The van der Waals surface area contributed by atoms with Crippen LogP contribution < -0.4 is 0 Å². The zero-order valence-electron chi connectivity index (χ0n) is 19.7. The van der Waals surface area contributed by atoms with Crippen molar-refractivity contribution in [2.24, 2.45) is 0 Å². The van der Waals surface area contributed by atoms with Gasteiger partial charge in [0.15, 0.2) is 6.61 Å². The summed E-state index contributed by atoms with van der Waals surface area (Å²) in [6.07, 6.45) is 2.73. The van der Waals surface area contributed by atoms with Gasteiger partial charge in [0.2, 0.25) is 5.78 Å². The van der Waals surface area contributed by atoms with Gasteiger partial charge in [-0.25, -0.2) is 9.78 Å². The smallest absolute Gasteiger partial charge is 0.339 e. The maximum atomic E-state index is 13.2. The maximum Gasteiger partial charge on any atom is 0.339 e.